The molecule has 2 aliphatic carbocycles. The van der Waals surface area contributed by atoms with E-state index in [9.17, 15) is 5.11 Å². The van der Waals surface area contributed by atoms with E-state index in [0.29, 0.717) is 6.04 Å². The van der Waals surface area contributed by atoms with Crippen LogP contribution in [-0.2, 0) is 12.0 Å². The molecule has 1 aromatic carbocycles. The fourth-order valence-electron chi connectivity index (χ4n) is 3.88. The van der Waals surface area contributed by atoms with Crippen LogP contribution in [0.25, 0.3) is 0 Å². The fraction of sp³-hybridized carbons (Fsp3) is 0.647. The first-order chi connectivity index (χ1) is 9.77. The summed E-state index contributed by atoms with van der Waals surface area (Å²) in [6, 6.07) is 6.86. The number of aryl methyl sites for hydroxylation is 1. The summed E-state index contributed by atoms with van der Waals surface area (Å²) in [5.41, 5.74) is 2.34. The third-order valence-corrected chi connectivity index (χ3v) is 4.99. The molecule has 3 nitrogen and oxygen atoms in total. The van der Waals surface area contributed by atoms with Gasteiger partial charge in [0.2, 0.25) is 0 Å². The standard InChI is InChI=1S/C17H25NO2/c1-20-15-9-8-13-5-4-10-17(12-19,16(13)11-15)18-14-6-2-3-7-14/h8-9,11,14,18-19H,2-7,10,12H2,1H3. The minimum absolute atomic E-state index is 0.170. The maximum atomic E-state index is 10.1. The minimum atomic E-state index is -0.267. The molecule has 0 amide bonds. The molecule has 0 spiro atoms. The number of fused-ring (bicyclic) bond motifs is 1. The van der Waals surface area contributed by atoms with E-state index >= 15 is 0 Å². The number of benzene rings is 1. The van der Waals surface area contributed by atoms with Gasteiger partial charge in [-0.15, -0.1) is 0 Å². The summed E-state index contributed by atoms with van der Waals surface area (Å²) in [5.74, 6) is 0.886. The van der Waals surface area contributed by atoms with E-state index in [0.717, 1.165) is 25.0 Å². The third-order valence-electron chi connectivity index (χ3n) is 4.99. The Morgan fingerprint density at radius 3 is 2.80 bits per heavy atom. The van der Waals surface area contributed by atoms with Crippen LogP contribution < -0.4 is 10.1 Å². The van der Waals surface area contributed by atoms with E-state index in [4.69, 9.17) is 4.74 Å². The highest BCUT2D eigenvalue weighted by Crippen LogP contribution is 2.38. The van der Waals surface area contributed by atoms with Crippen LogP contribution in [-0.4, -0.2) is 24.9 Å². The quantitative estimate of drug-likeness (QED) is 0.888. The van der Waals surface area contributed by atoms with Crippen molar-refractivity contribution < 1.29 is 9.84 Å². The van der Waals surface area contributed by atoms with Gasteiger partial charge in [-0.1, -0.05) is 18.9 Å². The number of aliphatic hydroxyl groups excluding tert-OH is 1. The van der Waals surface area contributed by atoms with Crippen LogP contribution in [0.15, 0.2) is 18.2 Å². The Kier molecular flexibility index (Phi) is 3.99. The summed E-state index contributed by atoms with van der Waals surface area (Å²) < 4.78 is 5.38. The van der Waals surface area contributed by atoms with Crippen molar-refractivity contribution in [2.24, 2.45) is 0 Å². The average Bonchev–Trinajstić information content (AvgIpc) is 3.00. The number of aliphatic hydroxyl groups is 1. The molecule has 2 aliphatic rings. The van der Waals surface area contributed by atoms with Crippen LogP contribution in [0, 0.1) is 0 Å². The lowest BCUT2D eigenvalue weighted by molar-refractivity contribution is 0.128. The molecule has 1 unspecified atom stereocenters. The molecule has 0 heterocycles. The van der Waals surface area contributed by atoms with Crippen molar-refractivity contribution in [1.82, 2.24) is 5.32 Å². The first kappa shape index (κ1) is 13.9. The normalized spacial score (nSPS) is 26.5. The van der Waals surface area contributed by atoms with Gasteiger partial charge in [-0.3, -0.25) is 0 Å². The van der Waals surface area contributed by atoms with Gasteiger partial charge in [0.05, 0.1) is 19.3 Å². The monoisotopic (exact) mass is 275 g/mol. The van der Waals surface area contributed by atoms with Crippen molar-refractivity contribution >= 4 is 0 Å². The van der Waals surface area contributed by atoms with Crippen molar-refractivity contribution in [2.75, 3.05) is 13.7 Å². The second kappa shape index (κ2) is 5.74. The van der Waals surface area contributed by atoms with Gasteiger partial charge in [0.1, 0.15) is 5.75 Å². The van der Waals surface area contributed by atoms with E-state index < -0.39 is 0 Å². The predicted molar refractivity (Wildman–Crippen MR) is 80.1 cm³/mol. The predicted octanol–water partition coefficient (Wildman–Crippen LogP) is 2.75. The molecule has 1 aromatic rings. The molecule has 1 fully saturated rings. The molecule has 3 heteroatoms. The lowest BCUT2D eigenvalue weighted by atomic mass is 9.76. The van der Waals surface area contributed by atoms with Gasteiger partial charge in [-0.25, -0.2) is 0 Å². The molecule has 0 aromatic heterocycles. The summed E-state index contributed by atoms with van der Waals surface area (Å²) in [6.45, 7) is 0.170. The Bertz CT molecular complexity index is 468. The van der Waals surface area contributed by atoms with Crippen LogP contribution in [0.2, 0.25) is 0 Å². The Labute approximate surface area is 121 Å². The van der Waals surface area contributed by atoms with Gasteiger partial charge in [-0.2, -0.15) is 0 Å². The molecule has 1 saturated carbocycles. The molecule has 0 radical (unpaired) electrons. The van der Waals surface area contributed by atoms with Crippen LogP contribution in [0.3, 0.4) is 0 Å². The van der Waals surface area contributed by atoms with E-state index in [1.807, 2.05) is 6.07 Å². The zero-order chi connectivity index (χ0) is 14.0. The van der Waals surface area contributed by atoms with Crippen LogP contribution in [0.5, 0.6) is 5.75 Å². The summed E-state index contributed by atoms with van der Waals surface area (Å²) >= 11 is 0. The highest BCUT2D eigenvalue weighted by molar-refractivity contribution is 5.42. The number of rotatable bonds is 4. The Morgan fingerprint density at radius 1 is 1.30 bits per heavy atom. The molecule has 110 valence electrons. The van der Waals surface area contributed by atoms with Crippen molar-refractivity contribution in [3.8, 4) is 5.75 Å². The zero-order valence-corrected chi connectivity index (χ0v) is 12.3. The topological polar surface area (TPSA) is 41.5 Å². The first-order valence-electron chi connectivity index (χ1n) is 7.83. The summed E-state index contributed by atoms with van der Waals surface area (Å²) in [4.78, 5) is 0. The van der Waals surface area contributed by atoms with Crippen LogP contribution in [0.4, 0.5) is 0 Å². The van der Waals surface area contributed by atoms with E-state index in [-0.39, 0.29) is 12.1 Å². The Morgan fingerprint density at radius 2 is 2.10 bits per heavy atom. The number of methoxy groups -OCH3 is 1. The molecule has 0 bridgehead atoms. The van der Waals surface area contributed by atoms with Crippen molar-refractivity contribution in [3.63, 3.8) is 0 Å². The lowest BCUT2D eigenvalue weighted by Crippen LogP contribution is -2.51. The summed E-state index contributed by atoms with van der Waals surface area (Å²) in [6.07, 6.45) is 8.35. The van der Waals surface area contributed by atoms with Gasteiger partial charge in [0, 0.05) is 6.04 Å². The molecule has 20 heavy (non-hydrogen) atoms. The summed E-state index contributed by atoms with van der Waals surface area (Å²) in [7, 11) is 1.70. The number of hydrogen-bond donors (Lipinski definition) is 2. The van der Waals surface area contributed by atoms with Gasteiger partial charge in [0.25, 0.3) is 0 Å². The van der Waals surface area contributed by atoms with Crippen LogP contribution in [0.1, 0.15) is 49.7 Å². The van der Waals surface area contributed by atoms with Crippen molar-refractivity contribution in [2.45, 2.75) is 56.5 Å². The number of nitrogens with one attached hydrogen (secondary N) is 1. The second-order valence-corrected chi connectivity index (χ2v) is 6.24. The van der Waals surface area contributed by atoms with Gasteiger partial charge < -0.3 is 15.2 Å². The third kappa shape index (κ3) is 2.45. The number of ether oxygens (including phenoxy) is 1. The maximum Gasteiger partial charge on any atom is 0.119 e. The SMILES string of the molecule is COc1ccc2c(c1)C(CO)(NC1CCCC1)CCC2. The van der Waals surface area contributed by atoms with E-state index in [1.165, 1.54) is 36.8 Å². The van der Waals surface area contributed by atoms with E-state index in [2.05, 4.69) is 17.4 Å². The maximum absolute atomic E-state index is 10.1. The summed E-state index contributed by atoms with van der Waals surface area (Å²) in [5, 5.41) is 13.9. The highest BCUT2D eigenvalue weighted by Gasteiger charge is 2.38. The van der Waals surface area contributed by atoms with Crippen molar-refractivity contribution in [1.29, 1.82) is 0 Å². The van der Waals surface area contributed by atoms with Crippen LogP contribution >= 0.6 is 0 Å². The molecule has 2 N–H and O–H groups in total. The zero-order valence-electron chi connectivity index (χ0n) is 12.3. The Hall–Kier alpha value is -1.06. The molecule has 3 rings (SSSR count). The second-order valence-electron chi connectivity index (χ2n) is 6.24. The average molecular weight is 275 g/mol. The van der Waals surface area contributed by atoms with Crippen molar-refractivity contribution in [3.05, 3.63) is 29.3 Å². The van der Waals surface area contributed by atoms with Gasteiger partial charge in [0.15, 0.2) is 0 Å². The first-order valence-corrected chi connectivity index (χ1v) is 7.83. The van der Waals surface area contributed by atoms with E-state index in [1.54, 1.807) is 7.11 Å². The highest BCUT2D eigenvalue weighted by atomic mass is 16.5. The Balaban J connectivity index is 1.95. The molecular formula is C17H25NO2. The van der Waals surface area contributed by atoms with Gasteiger partial charge in [-0.05, 0) is 55.4 Å². The smallest absolute Gasteiger partial charge is 0.119 e. The minimum Gasteiger partial charge on any atom is -0.497 e. The molecular weight excluding hydrogens is 250 g/mol. The number of hydrogen-bond acceptors (Lipinski definition) is 3. The largest absolute Gasteiger partial charge is 0.497 e. The molecule has 1 atom stereocenters. The lowest BCUT2D eigenvalue weighted by Gasteiger charge is -2.41. The molecule has 0 saturated heterocycles. The molecule has 0 aliphatic heterocycles. The van der Waals surface area contributed by atoms with Gasteiger partial charge >= 0.3 is 0 Å². The fourth-order valence-corrected chi connectivity index (χ4v) is 3.88.